The molecule has 3 aromatic carbocycles. The van der Waals surface area contributed by atoms with E-state index in [2.05, 4.69) is 103 Å². The number of para-hydroxylation sites is 1. The Morgan fingerprint density at radius 2 is 1.59 bits per heavy atom. The Kier molecular flexibility index (Phi) is 6.31. The number of nitrogens with zero attached hydrogens (tertiary/aromatic N) is 3. The van der Waals surface area contributed by atoms with Gasteiger partial charge in [0.2, 0.25) is 0 Å². The van der Waals surface area contributed by atoms with E-state index < -0.39 is 0 Å². The second kappa shape index (κ2) is 9.31. The number of anilines is 1. The van der Waals surface area contributed by atoms with Crippen molar-refractivity contribution in [1.29, 1.82) is 0 Å². The molecule has 4 rings (SSSR count). The van der Waals surface area contributed by atoms with E-state index in [1.165, 1.54) is 22.2 Å². The van der Waals surface area contributed by atoms with Crippen LogP contribution in [-0.2, 0) is 11.4 Å². The van der Waals surface area contributed by atoms with Crippen LogP contribution in [0.4, 0.5) is 5.69 Å². The monoisotopic (exact) mass is 425 g/mol. The summed E-state index contributed by atoms with van der Waals surface area (Å²) in [7, 11) is 4.10. The van der Waals surface area contributed by atoms with Crippen molar-refractivity contribution < 1.29 is 4.84 Å². The molecular formula is C28H31N3O. The van der Waals surface area contributed by atoms with Crippen LogP contribution in [-0.4, -0.2) is 24.4 Å². The molecule has 0 amide bonds. The summed E-state index contributed by atoms with van der Waals surface area (Å²) in [4.78, 5) is 8.44. The first-order valence-corrected chi connectivity index (χ1v) is 11.1. The number of aromatic nitrogens is 1. The molecule has 4 aromatic rings. The Hall–Kier alpha value is -3.53. The summed E-state index contributed by atoms with van der Waals surface area (Å²) in [5, 5.41) is 5.79. The summed E-state index contributed by atoms with van der Waals surface area (Å²) in [6.07, 6.45) is -0.303. The van der Waals surface area contributed by atoms with Crippen LogP contribution < -0.4 is 4.90 Å². The average molecular weight is 426 g/mol. The van der Waals surface area contributed by atoms with E-state index in [0.29, 0.717) is 0 Å². The van der Waals surface area contributed by atoms with E-state index in [4.69, 9.17) is 4.84 Å². The van der Waals surface area contributed by atoms with Gasteiger partial charge in [0.15, 0.2) is 6.10 Å². The highest BCUT2D eigenvalue weighted by Gasteiger charge is 2.25. The summed E-state index contributed by atoms with van der Waals surface area (Å²) in [6.45, 7) is 7.26. The van der Waals surface area contributed by atoms with Gasteiger partial charge in [-0.05, 0) is 50.1 Å². The second-order valence-electron chi connectivity index (χ2n) is 8.27. The summed E-state index contributed by atoms with van der Waals surface area (Å²) in [6, 6.07) is 27.3. The van der Waals surface area contributed by atoms with Gasteiger partial charge < -0.3 is 14.3 Å². The molecule has 0 radical (unpaired) electrons. The predicted octanol–water partition coefficient (Wildman–Crippen LogP) is 6.57. The lowest BCUT2D eigenvalue weighted by atomic mass is 9.98. The van der Waals surface area contributed by atoms with E-state index in [9.17, 15) is 0 Å². The van der Waals surface area contributed by atoms with E-state index >= 15 is 0 Å². The molecule has 0 fully saturated rings. The molecule has 0 aliphatic rings. The van der Waals surface area contributed by atoms with E-state index in [0.717, 1.165) is 29.1 Å². The Morgan fingerprint density at radius 3 is 2.25 bits per heavy atom. The van der Waals surface area contributed by atoms with Crippen LogP contribution in [0, 0.1) is 6.92 Å². The summed E-state index contributed by atoms with van der Waals surface area (Å²) in [5.74, 6) is 0. The van der Waals surface area contributed by atoms with Crippen molar-refractivity contribution in [3.05, 3.63) is 101 Å². The average Bonchev–Trinajstić information content (AvgIpc) is 3.11. The molecule has 0 saturated heterocycles. The van der Waals surface area contributed by atoms with E-state index in [1.807, 2.05) is 25.1 Å². The molecule has 32 heavy (non-hydrogen) atoms. The zero-order valence-electron chi connectivity index (χ0n) is 19.5. The van der Waals surface area contributed by atoms with Crippen LogP contribution in [0.1, 0.15) is 42.3 Å². The molecule has 164 valence electrons. The minimum absolute atomic E-state index is 0.303. The van der Waals surface area contributed by atoms with Gasteiger partial charge in [-0.1, -0.05) is 65.8 Å². The van der Waals surface area contributed by atoms with Crippen molar-refractivity contribution in [3.63, 3.8) is 0 Å². The van der Waals surface area contributed by atoms with Crippen LogP contribution in [0.5, 0.6) is 0 Å². The zero-order chi connectivity index (χ0) is 22.7. The van der Waals surface area contributed by atoms with Crippen molar-refractivity contribution in [2.75, 3.05) is 19.0 Å². The highest BCUT2D eigenvalue weighted by molar-refractivity contribution is 5.98. The fraction of sp³-hybridized carbons (Fsp3) is 0.250. The summed E-state index contributed by atoms with van der Waals surface area (Å²) >= 11 is 0. The Balaban J connectivity index is 1.83. The molecule has 0 saturated carbocycles. The van der Waals surface area contributed by atoms with Crippen molar-refractivity contribution in [3.8, 4) is 0 Å². The molecule has 4 heteroatoms. The number of aryl methyl sites for hydroxylation is 1. The van der Waals surface area contributed by atoms with Gasteiger partial charge in [-0.25, -0.2) is 0 Å². The molecule has 0 N–H and O–H groups in total. The molecule has 1 unspecified atom stereocenters. The normalized spacial score (nSPS) is 12.7. The van der Waals surface area contributed by atoms with Gasteiger partial charge in [0.1, 0.15) is 0 Å². The first kappa shape index (κ1) is 21.7. The Bertz CT molecular complexity index is 1220. The maximum Gasteiger partial charge on any atom is 0.180 e. The van der Waals surface area contributed by atoms with Crippen molar-refractivity contribution >= 4 is 22.3 Å². The fourth-order valence-corrected chi connectivity index (χ4v) is 4.29. The first-order valence-electron chi connectivity index (χ1n) is 11.1. The van der Waals surface area contributed by atoms with E-state index in [-0.39, 0.29) is 6.10 Å². The minimum Gasteiger partial charge on any atom is -0.382 e. The molecule has 4 nitrogen and oxygen atoms in total. The smallest absolute Gasteiger partial charge is 0.180 e. The van der Waals surface area contributed by atoms with Gasteiger partial charge in [0.05, 0.1) is 5.71 Å². The van der Waals surface area contributed by atoms with Gasteiger partial charge >= 0.3 is 0 Å². The number of fused-ring (bicyclic) bond motifs is 1. The molecule has 1 atom stereocenters. The third-order valence-electron chi connectivity index (χ3n) is 6.06. The number of hydrogen-bond donors (Lipinski definition) is 0. The van der Waals surface area contributed by atoms with Gasteiger partial charge in [-0.15, -0.1) is 0 Å². The highest BCUT2D eigenvalue weighted by Crippen LogP contribution is 2.37. The minimum atomic E-state index is -0.303. The van der Waals surface area contributed by atoms with Crippen molar-refractivity contribution in [2.45, 2.75) is 33.4 Å². The number of rotatable bonds is 7. The van der Waals surface area contributed by atoms with Crippen molar-refractivity contribution in [1.82, 2.24) is 4.57 Å². The quantitative estimate of drug-likeness (QED) is 0.248. The van der Waals surface area contributed by atoms with Crippen LogP contribution in [0.2, 0.25) is 0 Å². The van der Waals surface area contributed by atoms with Gasteiger partial charge in [0.25, 0.3) is 0 Å². The lowest BCUT2D eigenvalue weighted by Crippen LogP contribution is -2.10. The topological polar surface area (TPSA) is 29.8 Å². The highest BCUT2D eigenvalue weighted by atomic mass is 16.6. The largest absolute Gasteiger partial charge is 0.382 e. The molecule has 0 bridgehead atoms. The lowest BCUT2D eigenvalue weighted by Gasteiger charge is -2.19. The van der Waals surface area contributed by atoms with Crippen LogP contribution in [0.15, 0.2) is 84.0 Å². The maximum atomic E-state index is 6.34. The van der Waals surface area contributed by atoms with Crippen LogP contribution in [0.3, 0.4) is 0 Å². The third kappa shape index (κ3) is 4.13. The lowest BCUT2D eigenvalue weighted by molar-refractivity contribution is 0.0878. The summed E-state index contributed by atoms with van der Waals surface area (Å²) < 4.78 is 2.35. The molecule has 0 aliphatic carbocycles. The molecular weight excluding hydrogens is 394 g/mol. The number of oxime groups is 1. The van der Waals surface area contributed by atoms with E-state index in [1.54, 1.807) is 0 Å². The Morgan fingerprint density at radius 1 is 0.938 bits per heavy atom. The molecule has 1 aromatic heterocycles. The zero-order valence-corrected chi connectivity index (χ0v) is 19.5. The van der Waals surface area contributed by atoms with Gasteiger partial charge in [-0.3, -0.25) is 0 Å². The number of hydrogen-bond acceptors (Lipinski definition) is 3. The van der Waals surface area contributed by atoms with Crippen LogP contribution in [0.25, 0.3) is 10.9 Å². The number of benzene rings is 3. The van der Waals surface area contributed by atoms with Crippen LogP contribution >= 0.6 is 0 Å². The summed E-state index contributed by atoms with van der Waals surface area (Å²) in [5.41, 5.74) is 7.77. The molecule has 0 spiro atoms. The second-order valence-corrected chi connectivity index (χ2v) is 8.27. The standard InChI is InChI=1S/C28H31N3O/c1-6-31-21(3)27(25-14-10-11-15-26(25)31)28(23-16-18-24(19-17-23)30(4)5)32-29-20(2)22-12-8-7-9-13-22/h7-19,28H,6H2,1-5H3. The molecule has 1 heterocycles. The predicted molar refractivity (Wildman–Crippen MR) is 135 cm³/mol. The Labute approximate surface area is 190 Å². The maximum absolute atomic E-state index is 6.34. The van der Waals surface area contributed by atoms with Gasteiger partial charge in [0, 0.05) is 48.5 Å². The SMILES string of the molecule is CCn1c(C)c(C(ON=C(C)c2ccccc2)c2ccc(N(C)C)cc2)c2ccccc21. The molecule has 0 aliphatic heterocycles. The van der Waals surface area contributed by atoms with Gasteiger partial charge in [-0.2, -0.15) is 0 Å². The van der Waals surface area contributed by atoms with Crippen molar-refractivity contribution in [2.24, 2.45) is 5.16 Å². The fourth-order valence-electron chi connectivity index (χ4n) is 4.29. The third-order valence-corrected chi connectivity index (χ3v) is 6.06. The first-order chi connectivity index (χ1) is 15.5.